The summed E-state index contributed by atoms with van der Waals surface area (Å²) in [5, 5.41) is 3.23. The van der Waals surface area contributed by atoms with E-state index in [-0.39, 0.29) is 0 Å². The Morgan fingerprint density at radius 3 is 2.31 bits per heavy atom. The SMILES string of the molecule is CN(C)CCNCC(C)(OC(N)=O)N(C)C. The Morgan fingerprint density at radius 1 is 1.38 bits per heavy atom. The van der Waals surface area contributed by atoms with E-state index < -0.39 is 11.8 Å². The molecule has 0 aromatic heterocycles. The standard InChI is InChI=1S/C10H24N4O2/c1-10(14(4)5,16-9(11)15)8-12-6-7-13(2)3/h12H,6-8H2,1-5H3,(H2,11,15). The molecule has 96 valence electrons. The van der Waals surface area contributed by atoms with Gasteiger partial charge in [-0.25, -0.2) is 4.79 Å². The average Bonchev–Trinajstić information content (AvgIpc) is 2.10. The second kappa shape index (κ2) is 6.67. The molecule has 1 atom stereocenters. The minimum atomic E-state index is -0.759. The lowest BCUT2D eigenvalue weighted by atomic mass is 10.2. The number of hydrogen-bond donors (Lipinski definition) is 2. The number of ether oxygens (including phenoxy) is 1. The van der Waals surface area contributed by atoms with Crippen LogP contribution in [-0.4, -0.2) is 69.4 Å². The Labute approximate surface area is 97.7 Å². The second-order valence-corrected chi connectivity index (χ2v) is 4.47. The summed E-state index contributed by atoms with van der Waals surface area (Å²) in [6.45, 7) is 4.12. The normalized spacial score (nSPS) is 15.2. The summed E-state index contributed by atoms with van der Waals surface area (Å²) in [6.07, 6.45) is -0.759. The molecule has 6 heteroatoms. The molecular weight excluding hydrogens is 208 g/mol. The maximum Gasteiger partial charge on any atom is 0.406 e. The van der Waals surface area contributed by atoms with Crippen LogP contribution in [-0.2, 0) is 4.74 Å². The third-order valence-corrected chi connectivity index (χ3v) is 2.46. The minimum Gasteiger partial charge on any atom is -0.427 e. The fourth-order valence-corrected chi connectivity index (χ4v) is 1.13. The molecule has 3 N–H and O–H groups in total. The maximum atomic E-state index is 10.8. The van der Waals surface area contributed by atoms with Gasteiger partial charge in [-0.1, -0.05) is 0 Å². The molecule has 16 heavy (non-hydrogen) atoms. The molecule has 1 unspecified atom stereocenters. The number of likely N-dealkylation sites (N-methyl/N-ethyl adjacent to an activating group) is 2. The fourth-order valence-electron chi connectivity index (χ4n) is 1.13. The van der Waals surface area contributed by atoms with Crippen molar-refractivity contribution in [2.45, 2.75) is 12.6 Å². The minimum absolute atomic E-state index is 0.538. The zero-order valence-corrected chi connectivity index (χ0v) is 10.9. The fraction of sp³-hybridized carbons (Fsp3) is 0.900. The molecule has 0 heterocycles. The molecule has 0 aromatic carbocycles. The van der Waals surface area contributed by atoms with E-state index in [1.807, 2.05) is 40.0 Å². The van der Waals surface area contributed by atoms with Gasteiger partial charge in [0.2, 0.25) is 0 Å². The lowest BCUT2D eigenvalue weighted by molar-refractivity contribution is -0.0698. The third-order valence-electron chi connectivity index (χ3n) is 2.46. The van der Waals surface area contributed by atoms with Crippen molar-refractivity contribution in [3.8, 4) is 0 Å². The molecule has 0 radical (unpaired) electrons. The molecule has 0 aliphatic heterocycles. The zero-order chi connectivity index (χ0) is 12.8. The number of primary amides is 1. The van der Waals surface area contributed by atoms with Gasteiger partial charge in [0.1, 0.15) is 0 Å². The van der Waals surface area contributed by atoms with Crippen molar-refractivity contribution in [3.63, 3.8) is 0 Å². The van der Waals surface area contributed by atoms with Gasteiger partial charge in [-0.05, 0) is 35.1 Å². The Bertz CT molecular complexity index is 221. The molecule has 0 aromatic rings. The van der Waals surface area contributed by atoms with Gasteiger partial charge in [-0.15, -0.1) is 0 Å². The van der Waals surface area contributed by atoms with Gasteiger partial charge in [0.25, 0.3) is 0 Å². The summed E-state index contributed by atoms with van der Waals surface area (Å²) in [5.74, 6) is 0. The van der Waals surface area contributed by atoms with E-state index in [1.165, 1.54) is 0 Å². The van der Waals surface area contributed by atoms with E-state index in [4.69, 9.17) is 10.5 Å². The van der Waals surface area contributed by atoms with Crippen LogP contribution in [0, 0.1) is 0 Å². The Morgan fingerprint density at radius 2 is 1.94 bits per heavy atom. The molecular formula is C10H24N4O2. The number of carbonyl (C=O) groups is 1. The van der Waals surface area contributed by atoms with E-state index in [1.54, 1.807) is 0 Å². The molecule has 6 nitrogen and oxygen atoms in total. The molecule has 0 saturated heterocycles. The monoisotopic (exact) mass is 232 g/mol. The van der Waals surface area contributed by atoms with Gasteiger partial charge >= 0.3 is 6.09 Å². The summed E-state index contributed by atoms with van der Waals surface area (Å²) in [7, 11) is 7.70. The summed E-state index contributed by atoms with van der Waals surface area (Å²) < 4.78 is 5.09. The first-order valence-electron chi connectivity index (χ1n) is 5.29. The molecule has 0 aliphatic carbocycles. The van der Waals surface area contributed by atoms with E-state index in [0.717, 1.165) is 13.1 Å². The van der Waals surface area contributed by atoms with Crippen LogP contribution in [0.1, 0.15) is 6.92 Å². The van der Waals surface area contributed by atoms with Gasteiger partial charge in [0.05, 0.1) is 0 Å². The van der Waals surface area contributed by atoms with Crippen LogP contribution < -0.4 is 11.1 Å². The van der Waals surface area contributed by atoms with Gasteiger partial charge in [-0.2, -0.15) is 0 Å². The van der Waals surface area contributed by atoms with Crippen LogP contribution in [0.3, 0.4) is 0 Å². The van der Waals surface area contributed by atoms with Crippen molar-refractivity contribution in [1.29, 1.82) is 0 Å². The van der Waals surface area contributed by atoms with Crippen LogP contribution >= 0.6 is 0 Å². The summed E-state index contributed by atoms with van der Waals surface area (Å²) in [4.78, 5) is 14.7. The van der Waals surface area contributed by atoms with Gasteiger partial charge in [0, 0.05) is 19.6 Å². The number of hydrogen-bond acceptors (Lipinski definition) is 5. The number of nitrogens with zero attached hydrogens (tertiary/aromatic N) is 2. The Kier molecular flexibility index (Phi) is 6.32. The molecule has 0 aliphatic rings. The number of rotatable bonds is 7. The predicted octanol–water partition coefficient (Wildman–Crippen LogP) is -0.489. The summed E-state index contributed by atoms with van der Waals surface area (Å²) >= 11 is 0. The van der Waals surface area contributed by atoms with Crippen molar-refractivity contribution in [1.82, 2.24) is 15.1 Å². The van der Waals surface area contributed by atoms with Gasteiger partial charge in [-0.3, -0.25) is 4.90 Å². The van der Waals surface area contributed by atoms with Crippen LogP contribution in [0.15, 0.2) is 0 Å². The lowest BCUT2D eigenvalue weighted by Crippen LogP contribution is -2.53. The number of carbonyl (C=O) groups excluding carboxylic acids is 1. The number of amides is 1. The van der Waals surface area contributed by atoms with Crippen molar-refractivity contribution >= 4 is 6.09 Å². The highest BCUT2D eigenvalue weighted by Gasteiger charge is 2.30. The lowest BCUT2D eigenvalue weighted by Gasteiger charge is -2.35. The zero-order valence-electron chi connectivity index (χ0n) is 10.9. The van der Waals surface area contributed by atoms with Crippen LogP contribution in [0.2, 0.25) is 0 Å². The Balaban J connectivity index is 4.08. The third kappa shape index (κ3) is 5.89. The van der Waals surface area contributed by atoms with E-state index in [2.05, 4.69) is 10.2 Å². The quantitative estimate of drug-likeness (QED) is 0.458. The van der Waals surface area contributed by atoms with Crippen LogP contribution in [0.25, 0.3) is 0 Å². The van der Waals surface area contributed by atoms with Crippen molar-refractivity contribution in [2.24, 2.45) is 5.73 Å². The number of nitrogens with two attached hydrogens (primary N) is 1. The molecule has 1 amide bonds. The van der Waals surface area contributed by atoms with Crippen molar-refractivity contribution in [2.75, 3.05) is 47.8 Å². The molecule has 0 spiro atoms. The highest BCUT2D eigenvalue weighted by molar-refractivity contribution is 5.65. The molecule has 0 rings (SSSR count). The van der Waals surface area contributed by atoms with Crippen LogP contribution in [0.4, 0.5) is 4.79 Å². The van der Waals surface area contributed by atoms with E-state index in [9.17, 15) is 4.79 Å². The maximum absolute atomic E-state index is 10.8. The van der Waals surface area contributed by atoms with Gasteiger partial charge < -0.3 is 20.7 Å². The highest BCUT2D eigenvalue weighted by atomic mass is 16.6. The second-order valence-electron chi connectivity index (χ2n) is 4.47. The Hall–Kier alpha value is -0.850. The molecule has 0 saturated carbocycles. The highest BCUT2D eigenvalue weighted by Crippen LogP contribution is 2.11. The largest absolute Gasteiger partial charge is 0.427 e. The summed E-state index contributed by atoms with van der Waals surface area (Å²) in [6, 6.07) is 0. The van der Waals surface area contributed by atoms with Crippen LogP contribution in [0.5, 0.6) is 0 Å². The molecule has 0 fully saturated rings. The van der Waals surface area contributed by atoms with E-state index in [0.29, 0.717) is 6.54 Å². The van der Waals surface area contributed by atoms with Crippen molar-refractivity contribution in [3.05, 3.63) is 0 Å². The molecule has 0 bridgehead atoms. The predicted molar refractivity (Wildman–Crippen MR) is 64.2 cm³/mol. The summed E-state index contributed by atoms with van der Waals surface area (Å²) in [5.41, 5.74) is 4.33. The topological polar surface area (TPSA) is 70.8 Å². The van der Waals surface area contributed by atoms with Gasteiger partial charge in [0.15, 0.2) is 5.72 Å². The first-order chi connectivity index (χ1) is 7.28. The first kappa shape index (κ1) is 15.2. The first-order valence-corrected chi connectivity index (χ1v) is 5.29. The average molecular weight is 232 g/mol. The van der Waals surface area contributed by atoms with Crippen molar-refractivity contribution < 1.29 is 9.53 Å². The smallest absolute Gasteiger partial charge is 0.406 e. The number of nitrogens with one attached hydrogen (secondary N) is 1. The van der Waals surface area contributed by atoms with E-state index >= 15 is 0 Å².